The molecule has 6 nitrogen and oxygen atoms in total. The predicted octanol–water partition coefficient (Wildman–Crippen LogP) is 3.76. The second-order valence-electron chi connectivity index (χ2n) is 4.30. The summed E-state index contributed by atoms with van der Waals surface area (Å²) in [6, 6.07) is 4.36. The number of hydrogen-bond acceptors (Lipinski definition) is 5. The van der Waals surface area contributed by atoms with Crippen LogP contribution in [0.2, 0.25) is 5.15 Å². The lowest BCUT2D eigenvalue weighted by molar-refractivity contribution is -0.384. The van der Waals surface area contributed by atoms with Gasteiger partial charge < -0.3 is 4.74 Å². The predicted molar refractivity (Wildman–Crippen MR) is 74.4 cm³/mol. The van der Waals surface area contributed by atoms with Gasteiger partial charge >= 0.3 is 0 Å². The smallest absolute Gasteiger partial charge is 0.273 e. The summed E-state index contributed by atoms with van der Waals surface area (Å²) in [5.74, 6) is 0.469. The van der Waals surface area contributed by atoms with Crippen LogP contribution in [0.1, 0.15) is 17.0 Å². The molecular weight excluding hydrogens is 282 g/mol. The lowest BCUT2D eigenvalue weighted by Crippen LogP contribution is -1.99. The van der Waals surface area contributed by atoms with E-state index < -0.39 is 4.92 Å². The quantitative estimate of drug-likeness (QED) is 0.636. The van der Waals surface area contributed by atoms with E-state index in [4.69, 9.17) is 16.3 Å². The summed E-state index contributed by atoms with van der Waals surface area (Å²) in [7, 11) is 0. The van der Waals surface area contributed by atoms with Gasteiger partial charge in [0.1, 0.15) is 5.75 Å². The SMILES string of the molecule is Cc1ccc([N+](=O)[O-])cc1Oc1nc(C)c(C)nc1Cl. The Balaban J connectivity index is 2.42. The van der Waals surface area contributed by atoms with Crippen molar-refractivity contribution in [1.82, 2.24) is 9.97 Å². The van der Waals surface area contributed by atoms with Crippen LogP contribution >= 0.6 is 11.6 Å². The number of non-ortho nitro benzene ring substituents is 1. The van der Waals surface area contributed by atoms with Crippen LogP contribution in [-0.2, 0) is 0 Å². The van der Waals surface area contributed by atoms with Crippen molar-refractivity contribution in [1.29, 1.82) is 0 Å². The molecule has 0 bridgehead atoms. The van der Waals surface area contributed by atoms with Crippen LogP contribution in [0.25, 0.3) is 0 Å². The average Bonchev–Trinajstić information content (AvgIpc) is 2.38. The molecule has 104 valence electrons. The van der Waals surface area contributed by atoms with E-state index in [0.29, 0.717) is 17.1 Å². The van der Waals surface area contributed by atoms with Crippen molar-refractivity contribution in [3.63, 3.8) is 0 Å². The lowest BCUT2D eigenvalue weighted by Gasteiger charge is -2.10. The molecule has 2 rings (SSSR count). The van der Waals surface area contributed by atoms with Gasteiger partial charge in [-0.2, -0.15) is 0 Å². The number of aryl methyl sites for hydroxylation is 3. The molecule has 0 aliphatic rings. The van der Waals surface area contributed by atoms with Crippen LogP contribution < -0.4 is 4.74 Å². The molecule has 0 saturated carbocycles. The van der Waals surface area contributed by atoms with Crippen LogP contribution in [0.5, 0.6) is 11.6 Å². The normalized spacial score (nSPS) is 10.4. The Kier molecular flexibility index (Phi) is 3.85. The standard InChI is InChI=1S/C13H12ClN3O3/c1-7-4-5-10(17(18)19)6-11(7)20-13-12(14)15-8(2)9(3)16-13/h4-6H,1-3H3. The third kappa shape index (κ3) is 2.85. The summed E-state index contributed by atoms with van der Waals surface area (Å²) in [5, 5.41) is 10.9. The average molecular weight is 294 g/mol. The molecular formula is C13H12ClN3O3. The van der Waals surface area contributed by atoms with Gasteiger partial charge in [-0.25, -0.2) is 9.97 Å². The summed E-state index contributed by atoms with van der Waals surface area (Å²) in [5.41, 5.74) is 2.08. The maximum atomic E-state index is 10.8. The van der Waals surface area contributed by atoms with E-state index in [9.17, 15) is 10.1 Å². The monoisotopic (exact) mass is 293 g/mol. The Bertz CT molecular complexity index is 689. The molecule has 1 aromatic heterocycles. The van der Waals surface area contributed by atoms with E-state index in [2.05, 4.69) is 9.97 Å². The molecule has 0 radical (unpaired) electrons. The molecule has 2 aromatic rings. The van der Waals surface area contributed by atoms with Gasteiger partial charge in [0, 0.05) is 6.07 Å². The molecule has 20 heavy (non-hydrogen) atoms. The van der Waals surface area contributed by atoms with Crippen molar-refractivity contribution in [2.75, 3.05) is 0 Å². The van der Waals surface area contributed by atoms with Gasteiger partial charge in [-0.15, -0.1) is 0 Å². The number of nitro benzene ring substituents is 1. The number of halogens is 1. The number of rotatable bonds is 3. The second-order valence-corrected chi connectivity index (χ2v) is 4.66. The molecule has 0 aliphatic heterocycles. The third-order valence-corrected chi connectivity index (χ3v) is 3.07. The van der Waals surface area contributed by atoms with E-state index in [1.165, 1.54) is 12.1 Å². The fourth-order valence-corrected chi connectivity index (χ4v) is 1.74. The fourth-order valence-electron chi connectivity index (χ4n) is 1.54. The molecule has 0 spiro atoms. The summed E-state index contributed by atoms with van der Waals surface area (Å²) < 4.78 is 5.56. The Morgan fingerprint density at radius 2 is 1.85 bits per heavy atom. The van der Waals surface area contributed by atoms with Crippen LogP contribution in [0.15, 0.2) is 18.2 Å². The number of ether oxygens (including phenoxy) is 1. The first kappa shape index (κ1) is 14.2. The molecule has 0 fully saturated rings. The van der Waals surface area contributed by atoms with Crippen molar-refractivity contribution < 1.29 is 9.66 Å². The van der Waals surface area contributed by atoms with Crippen LogP contribution in [0.3, 0.4) is 0 Å². The largest absolute Gasteiger partial charge is 0.436 e. The number of aromatic nitrogens is 2. The zero-order valence-corrected chi connectivity index (χ0v) is 11.9. The Hall–Kier alpha value is -2.21. The van der Waals surface area contributed by atoms with Gasteiger partial charge in [0.05, 0.1) is 22.4 Å². The third-order valence-electron chi connectivity index (χ3n) is 2.82. The van der Waals surface area contributed by atoms with Gasteiger partial charge in [-0.05, 0) is 32.4 Å². The van der Waals surface area contributed by atoms with Crippen molar-refractivity contribution in [2.45, 2.75) is 20.8 Å². The maximum Gasteiger partial charge on any atom is 0.273 e. The molecule has 1 aromatic carbocycles. The first-order valence-corrected chi connectivity index (χ1v) is 6.20. The zero-order chi connectivity index (χ0) is 14.9. The Labute approximate surface area is 120 Å². The highest BCUT2D eigenvalue weighted by Crippen LogP contribution is 2.31. The Morgan fingerprint density at radius 3 is 2.50 bits per heavy atom. The van der Waals surface area contributed by atoms with E-state index in [-0.39, 0.29) is 16.7 Å². The van der Waals surface area contributed by atoms with Crippen molar-refractivity contribution in [3.05, 3.63) is 50.4 Å². The van der Waals surface area contributed by atoms with Gasteiger partial charge in [0.15, 0.2) is 5.15 Å². The zero-order valence-electron chi connectivity index (χ0n) is 11.2. The highest BCUT2D eigenvalue weighted by atomic mass is 35.5. The molecule has 0 saturated heterocycles. The summed E-state index contributed by atoms with van der Waals surface area (Å²) in [4.78, 5) is 18.6. The summed E-state index contributed by atoms with van der Waals surface area (Å²) in [6.45, 7) is 5.35. The first-order valence-electron chi connectivity index (χ1n) is 5.82. The minimum Gasteiger partial charge on any atom is -0.436 e. The molecule has 0 amide bonds. The van der Waals surface area contributed by atoms with Crippen LogP contribution in [0.4, 0.5) is 5.69 Å². The minimum atomic E-state index is -0.486. The first-order chi connectivity index (χ1) is 9.38. The van der Waals surface area contributed by atoms with E-state index in [1.807, 2.05) is 0 Å². The molecule has 7 heteroatoms. The van der Waals surface area contributed by atoms with E-state index in [1.54, 1.807) is 26.8 Å². The van der Waals surface area contributed by atoms with Gasteiger partial charge in [0.25, 0.3) is 11.6 Å². The lowest BCUT2D eigenvalue weighted by atomic mass is 10.2. The minimum absolute atomic E-state index is 0.0569. The number of hydrogen-bond donors (Lipinski definition) is 0. The molecule has 0 N–H and O–H groups in total. The highest BCUT2D eigenvalue weighted by Gasteiger charge is 2.14. The molecule has 0 unspecified atom stereocenters. The van der Waals surface area contributed by atoms with Crippen molar-refractivity contribution in [2.24, 2.45) is 0 Å². The summed E-state index contributed by atoms with van der Waals surface area (Å²) in [6.07, 6.45) is 0. The number of nitrogens with zero attached hydrogens (tertiary/aromatic N) is 3. The maximum absolute atomic E-state index is 10.8. The van der Waals surface area contributed by atoms with Crippen molar-refractivity contribution in [3.8, 4) is 11.6 Å². The topological polar surface area (TPSA) is 78.2 Å². The van der Waals surface area contributed by atoms with Crippen LogP contribution in [0, 0.1) is 30.9 Å². The highest BCUT2D eigenvalue weighted by molar-refractivity contribution is 6.30. The van der Waals surface area contributed by atoms with Gasteiger partial charge in [-0.3, -0.25) is 10.1 Å². The number of benzene rings is 1. The van der Waals surface area contributed by atoms with Gasteiger partial charge in [-0.1, -0.05) is 11.6 Å². The molecule has 0 aliphatic carbocycles. The van der Waals surface area contributed by atoms with Crippen LogP contribution in [-0.4, -0.2) is 14.9 Å². The fraction of sp³-hybridized carbons (Fsp3) is 0.231. The molecule has 0 atom stereocenters. The van der Waals surface area contributed by atoms with Gasteiger partial charge in [0.2, 0.25) is 0 Å². The second kappa shape index (κ2) is 5.42. The Morgan fingerprint density at radius 1 is 1.20 bits per heavy atom. The summed E-state index contributed by atoms with van der Waals surface area (Å²) >= 11 is 5.97. The van der Waals surface area contributed by atoms with E-state index in [0.717, 1.165) is 5.56 Å². The van der Waals surface area contributed by atoms with Crippen molar-refractivity contribution >= 4 is 17.3 Å². The number of nitro groups is 1. The molecule has 1 heterocycles. The van der Waals surface area contributed by atoms with E-state index >= 15 is 0 Å².